The first-order chi connectivity index (χ1) is 21.1. The van der Waals surface area contributed by atoms with Gasteiger partial charge in [0, 0.05) is 54.6 Å². The van der Waals surface area contributed by atoms with Gasteiger partial charge in [0.05, 0.1) is 0 Å². The zero-order valence-corrected chi connectivity index (χ0v) is 37.5. The number of benzene rings is 6. The summed E-state index contributed by atoms with van der Waals surface area (Å²) < 4.78 is 9.73. The Morgan fingerprint density at radius 2 is 0.444 bits per heavy atom. The molecule has 0 fully saturated rings. The smallest absolute Gasteiger partial charge is 0 e. The van der Waals surface area contributed by atoms with E-state index in [1.165, 1.54) is 0 Å². The van der Waals surface area contributed by atoms with Gasteiger partial charge < -0.3 is 0 Å². The summed E-state index contributed by atoms with van der Waals surface area (Å²) in [5.41, 5.74) is 0. The van der Waals surface area contributed by atoms with Gasteiger partial charge in [0.25, 0.3) is 0 Å². The van der Waals surface area contributed by atoms with Crippen molar-refractivity contribution < 1.29 is 9.05 Å². The van der Waals surface area contributed by atoms with Gasteiger partial charge in [-0.1, -0.05) is 182 Å². The van der Waals surface area contributed by atoms with E-state index in [-0.39, 0.29) is 54.6 Å². The molecule has 0 unspecified atom stereocenters. The zero-order valence-electron chi connectivity index (χ0n) is 25.4. The maximum absolute atomic E-state index is 4.86. The first-order valence-corrected chi connectivity index (χ1v) is 19.1. The van der Waals surface area contributed by atoms with E-state index >= 15 is 0 Å². The molecule has 14 radical (unpaired) electrons. The Balaban J connectivity index is -0.000000454. The predicted octanol–water partition coefficient (Wildman–Crippen LogP) is 8.45. The van der Waals surface area contributed by atoms with Crippen molar-refractivity contribution in [3.05, 3.63) is 218 Å². The van der Waals surface area contributed by atoms with Crippen LogP contribution >= 0.6 is 5.10 Å². The average molecular weight is 1130 g/mol. The van der Waals surface area contributed by atoms with Gasteiger partial charge >= 0.3 is 59.5 Å². The van der Waals surface area contributed by atoms with Gasteiger partial charge in [-0.3, -0.25) is 0 Å². The van der Waals surface area contributed by atoms with Gasteiger partial charge in [0.1, 0.15) is 0 Å². The maximum atomic E-state index is 4.86. The van der Waals surface area contributed by atoms with Crippen LogP contribution in [0, 0.1) is 36.4 Å². The first-order valence-electron chi connectivity index (χ1n) is 13.0. The van der Waals surface area contributed by atoms with Crippen LogP contribution in [-0.4, -0.2) is 100.0 Å². The molecule has 0 aromatic heterocycles. The number of hydrogen-bond donors (Lipinski definition) is 0. The first kappa shape index (κ1) is 48.0. The molecule has 0 aliphatic carbocycles. The second kappa shape index (κ2) is 40.6. The van der Waals surface area contributed by atoms with Crippen molar-refractivity contribution in [2.75, 3.05) is 14.2 Å². The van der Waals surface area contributed by atoms with Crippen molar-refractivity contribution in [3.8, 4) is 0 Å². The summed E-state index contributed by atoms with van der Waals surface area (Å²) in [5.74, 6) is 0. The molecule has 2 nitrogen and oxygen atoms in total. The monoisotopic (exact) mass is 1130 g/mol. The van der Waals surface area contributed by atoms with E-state index in [1.54, 1.807) is 14.2 Å². The SMILES string of the molecule is CO[P+]([Se-])([Se-])OC.[Pb].[Pb].[c]1ccccc1.[c]1ccccc1.[c]1ccccc1.[c]1ccccc1.[c]1ccccc1.[c]1ccccc1. The van der Waals surface area contributed by atoms with E-state index in [9.17, 15) is 0 Å². The minimum atomic E-state index is -1.65. The number of rotatable bonds is 2. The molecule has 0 aliphatic heterocycles. The predicted molar refractivity (Wildman–Crippen MR) is 196 cm³/mol. The summed E-state index contributed by atoms with van der Waals surface area (Å²) in [6, 6.07) is 75.0. The Hall–Kier alpha value is -1.45. The molecule has 0 bridgehead atoms. The Morgan fingerprint density at radius 1 is 0.311 bits per heavy atom. The van der Waals surface area contributed by atoms with Crippen molar-refractivity contribution >= 4 is 90.8 Å². The van der Waals surface area contributed by atoms with Crippen molar-refractivity contribution in [2.45, 2.75) is 0 Å². The second-order valence-corrected chi connectivity index (χ2v) is 18.5. The summed E-state index contributed by atoms with van der Waals surface area (Å²) in [6.45, 7) is 0. The molecule has 0 N–H and O–H groups in total. The van der Waals surface area contributed by atoms with Gasteiger partial charge in [0.2, 0.25) is 0 Å². The van der Waals surface area contributed by atoms with Crippen LogP contribution in [0.3, 0.4) is 0 Å². The van der Waals surface area contributed by atoms with Crippen LogP contribution in [0.25, 0.3) is 0 Å². The molecule has 0 aliphatic rings. The summed E-state index contributed by atoms with van der Waals surface area (Å²) >= 11 is 5.53. The molecule has 7 heteroatoms. The van der Waals surface area contributed by atoms with Gasteiger partial charge in [-0.15, -0.1) is 0 Å². The topological polar surface area (TPSA) is 18.5 Å². The van der Waals surface area contributed by atoms with Gasteiger partial charge in [-0.2, -0.15) is 0 Å². The van der Waals surface area contributed by atoms with Crippen LogP contribution in [-0.2, 0) is 9.05 Å². The minimum Gasteiger partial charge on any atom is -0.0622 e. The fourth-order valence-corrected chi connectivity index (χ4v) is 2.28. The second-order valence-electron chi connectivity index (χ2n) is 7.28. The van der Waals surface area contributed by atoms with Crippen LogP contribution in [0.1, 0.15) is 0 Å². The van der Waals surface area contributed by atoms with E-state index < -0.39 is 5.10 Å². The fraction of sp³-hybridized carbons (Fsp3) is 0.0526. The normalized spacial score (nSPS) is 8.27. The molecule has 0 atom stereocenters. The molecule has 0 heterocycles. The Kier molecular flexibility index (Phi) is 43.2. The summed E-state index contributed by atoms with van der Waals surface area (Å²) in [6.07, 6.45) is 0. The molecule has 6 rings (SSSR count). The van der Waals surface area contributed by atoms with E-state index in [0.29, 0.717) is 0 Å². The van der Waals surface area contributed by atoms with Crippen LogP contribution < -0.4 is 0 Å². The zero-order chi connectivity index (χ0) is 31.4. The van der Waals surface area contributed by atoms with Crippen LogP contribution in [0.4, 0.5) is 0 Å². The molecule has 6 aromatic rings. The van der Waals surface area contributed by atoms with E-state index in [4.69, 9.17) is 9.05 Å². The van der Waals surface area contributed by atoms with Crippen LogP contribution in [0.2, 0.25) is 0 Å². The molecule has 0 saturated carbocycles. The van der Waals surface area contributed by atoms with Crippen molar-refractivity contribution in [1.29, 1.82) is 0 Å². The quantitative estimate of drug-likeness (QED) is 0.128. The van der Waals surface area contributed by atoms with Gasteiger partial charge in [0.15, 0.2) is 0 Å². The molecule has 226 valence electrons. The van der Waals surface area contributed by atoms with Gasteiger partial charge in [-0.05, 0) is 36.4 Å². The van der Waals surface area contributed by atoms with Crippen LogP contribution in [0.5, 0.6) is 0 Å². The molecule has 45 heavy (non-hydrogen) atoms. The Bertz CT molecular complexity index is 837. The van der Waals surface area contributed by atoms with Crippen LogP contribution in [0.15, 0.2) is 182 Å². The number of hydrogen-bond acceptors (Lipinski definition) is 2. The molecular formula is C38H36O2PPb2Se2-. The standard InChI is InChI=1S/6C6H5.C2H7O2PSe2.2Pb/c6*1-2-4-6-5-3-1;1-3-5(6,7)4-2;;/h6*1-5H;1-2H3,(H,6,7);;/p-1. The van der Waals surface area contributed by atoms with Crippen molar-refractivity contribution in [2.24, 2.45) is 0 Å². The fourth-order valence-electron chi connectivity index (χ4n) is 2.13. The summed E-state index contributed by atoms with van der Waals surface area (Å²) in [7, 11) is 3.20. The molecule has 6 aromatic carbocycles. The van der Waals surface area contributed by atoms with Crippen molar-refractivity contribution in [3.63, 3.8) is 0 Å². The molecule has 0 saturated heterocycles. The Morgan fingerprint density at radius 3 is 0.467 bits per heavy atom. The largest absolute Gasteiger partial charge is 0.0622 e. The third-order valence-corrected chi connectivity index (χ3v) is 8.74. The van der Waals surface area contributed by atoms with Crippen molar-refractivity contribution in [1.82, 2.24) is 0 Å². The maximum Gasteiger partial charge on any atom is 0 e. The Labute approximate surface area is 329 Å². The van der Waals surface area contributed by atoms with E-state index in [2.05, 4.69) is 67.5 Å². The average Bonchev–Trinajstić information content (AvgIpc) is 3.14. The summed E-state index contributed by atoms with van der Waals surface area (Å²) in [4.78, 5) is 0. The van der Waals surface area contributed by atoms with Gasteiger partial charge in [-0.25, -0.2) is 0 Å². The minimum absolute atomic E-state index is 0. The summed E-state index contributed by atoms with van der Waals surface area (Å²) in [5, 5.41) is -1.65. The third-order valence-electron chi connectivity index (χ3n) is 4.09. The van der Waals surface area contributed by atoms with E-state index in [1.807, 2.05) is 182 Å². The van der Waals surface area contributed by atoms with E-state index in [0.717, 1.165) is 0 Å². The molecule has 0 spiro atoms. The third kappa shape index (κ3) is 42.6. The molecule has 0 amide bonds. The molecular weight excluding hydrogens is 1090 g/mol.